The number of carbonyl (C=O) groups is 1. The molecule has 0 aliphatic heterocycles. The molecule has 0 saturated heterocycles. The molecular formula is C22H20N2O4. The van der Waals surface area contributed by atoms with Gasteiger partial charge in [0.1, 0.15) is 17.2 Å². The van der Waals surface area contributed by atoms with Gasteiger partial charge in [0.25, 0.3) is 5.91 Å². The van der Waals surface area contributed by atoms with Crippen LogP contribution in [-0.2, 0) is 4.79 Å². The average Bonchev–Trinajstić information content (AvgIpc) is 2.73. The fourth-order valence-corrected chi connectivity index (χ4v) is 2.58. The van der Waals surface area contributed by atoms with Crippen molar-refractivity contribution in [2.45, 2.75) is 6.92 Å². The second-order valence-electron chi connectivity index (χ2n) is 6.11. The molecule has 0 spiro atoms. The first-order valence-electron chi connectivity index (χ1n) is 8.66. The van der Waals surface area contributed by atoms with Crippen LogP contribution >= 0.6 is 0 Å². The quantitative estimate of drug-likeness (QED) is 0.348. The maximum absolute atomic E-state index is 11.9. The Labute approximate surface area is 162 Å². The molecule has 3 aromatic rings. The zero-order chi connectivity index (χ0) is 19.9. The number of rotatable bonds is 6. The van der Waals surface area contributed by atoms with Crippen LogP contribution in [0.1, 0.15) is 12.5 Å². The van der Waals surface area contributed by atoms with Gasteiger partial charge in [0.05, 0.1) is 5.71 Å². The first-order chi connectivity index (χ1) is 13.5. The normalized spacial score (nSPS) is 11.1. The Morgan fingerprint density at radius 1 is 0.964 bits per heavy atom. The molecule has 3 aromatic carbocycles. The highest BCUT2D eigenvalue weighted by Crippen LogP contribution is 2.23. The largest absolute Gasteiger partial charge is 0.508 e. The minimum Gasteiger partial charge on any atom is -0.508 e. The summed E-state index contributed by atoms with van der Waals surface area (Å²) < 4.78 is 5.47. The van der Waals surface area contributed by atoms with E-state index in [2.05, 4.69) is 10.5 Å². The van der Waals surface area contributed by atoms with Gasteiger partial charge in [-0.1, -0.05) is 42.5 Å². The zero-order valence-corrected chi connectivity index (χ0v) is 15.3. The highest BCUT2D eigenvalue weighted by molar-refractivity contribution is 6.01. The monoisotopic (exact) mass is 376 g/mol. The number of ether oxygens (including phenoxy) is 1. The van der Waals surface area contributed by atoms with Gasteiger partial charge in [0, 0.05) is 5.56 Å². The van der Waals surface area contributed by atoms with E-state index in [-0.39, 0.29) is 18.1 Å². The number of nitrogens with one attached hydrogen (secondary N) is 1. The lowest BCUT2D eigenvalue weighted by atomic mass is 10.1. The molecule has 0 saturated carbocycles. The van der Waals surface area contributed by atoms with Crippen LogP contribution in [0, 0.1) is 0 Å². The predicted molar refractivity (Wildman–Crippen MR) is 107 cm³/mol. The van der Waals surface area contributed by atoms with E-state index in [0.29, 0.717) is 17.0 Å². The fraction of sp³-hybridized carbons (Fsp3) is 0.0909. The number of hydrogen-bond acceptors (Lipinski definition) is 5. The molecule has 0 fully saturated rings. The second-order valence-corrected chi connectivity index (χ2v) is 6.11. The van der Waals surface area contributed by atoms with Crippen molar-refractivity contribution in [1.29, 1.82) is 0 Å². The highest BCUT2D eigenvalue weighted by Gasteiger charge is 2.08. The van der Waals surface area contributed by atoms with Crippen LogP contribution in [0.25, 0.3) is 11.1 Å². The standard InChI is InChI=1S/C22H20N2O4/c1-15(20-13-18(25)9-12-21(20)26)23-24-22(27)14-28-19-10-7-17(8-11-19)16-5-3-2-4-6-16/h2-13,25-26H,14H2,1H3,(H,24,27)/b23-15-. The summed E-state index contributed by atoms with van der Waals surface area (Å²) in [6.07, 6.45) is 0. The van der Waals surface area contributed by atoms with E-state index in [1.807, 2.05) is 42.5 Å². The molecule has 0 aromatic heterocycles. The van der Waals surface area contributed by atoms with Crippen molar-refractivity contribution in [3.05, 3.63) is 78.4 Å². The Morgan fingerprint density at radius 2 is 1.64 bits per heavy atom. The zero-order valence-electron chi connectivity index (χ0n) is 15.3. The molecular weight excluding hydrogens is 356 g/mol. The number of hydrogen-bond donors (Lipinski definition) is 3. The third-order valence-corrected chi connectivity index (χ3v) is 4.05. The van der Waals surface area contributed by atoms with Gasteiger partial charge in [-0.05, 0) is 48.4 Å². The number of amides is 1. The van der Waals surface area contributed by atoms with Gasteiger partial charge >= 0.3 is 0 Å². The van der Waals surface area contributed by atoms with E-state index in [9.17, 15) is 15.0 Å². The van der Waals surface area contributed by atoms with Crippen molar-refractivity contribution in [3.63, 3.8) is 0 Å². The Morgan fingerprint density at radius 3 is 2.36 bits per heavy atom. The lowest BCUT2D eigenvalue weighted by Crippen LogP contribution is -2.25. The molecule has 0 aliphatic rings. The second kappa shape index (κ2) is 8.73. The molecule has 0 heterocycles. The molecule has 1 amide bonds. The third-order valence-electron chi connectivity index (χ3n) is 4.05. The van der Waals surface area contributed by atoms with Crippen LogP contribution in [0.15, 0.2) is 77.9 Å². The number of carbonyl (C=O) groups excluding carboxylic acids is 1. The summed E-state index contributed by atoms with van der Waals surface area (Å²) in [6.45, 7) is 1.41. The minimum atomic E-state index is -0.439. The van der Waals surface area contributed by atoms with Gasteiger partial charge in [0.2, 0.25) is 0 Å². The van der Waals surface area contributed by atoms with Crippen LogP contribution in [0.4, 0.5) is 0 Å². The topological polar surface area (TPSA) is 91.2 Å². The molecule has 0 aliphatic carbocycles. The molecule has 6 heteroatoms. The Kier molecular flexibility index (Phi) is 5.91. The van der Waals surface area contributed by atoms with Crippen molar-refractivity contribution in [2.24, 2.45) is 5.10 Å². The Hall–Kier alpha value is -3.80. The van der Waals surface area contributed by atoms with Crippen LogP contribution in [0.3, 0.4) is 0 Å². The smallest absolute Gasteiger partial charge is 0.277 e. The van der Waals surface area contributed by atoms with Crippen LogP contribution in [0.2, 0.25) is 0 Å². The van der Waals surface area contributed by atoms with E-state index in [0.717, 1.165) is 11.1 Å². The lowest BCUT2D eigenvalue weighted by Gasteiger charge is -2.08. The maximum Gasteiger partial charge on any atom is 0.277 e. The summed E-state index contributed by atoms with van der Waals surface area (Å²) in [5.74, 6) is 0.0892. The predicted octanol–water partition coefficient (Wildman–Crippen LogP) is 3.68. The van der Waals surface area contributed by atoms with E-state index < -0.39 is 5.91 Å². The van der Waals surface area contributed by atoms with Crippen LogP contribution in [-0.4, -0.2) is 28.4 Å². The molecule has 28 heavy (non-hydrogen) atoms. The van der Waals surface area contributed by atoms with Crippen molar-refractivity contribution in [2.75, 3.05) is 6.61 Å². The summed E-state index contributed by atoms with van der Waals surface area (Å²) in [5.41, 5.74) is 5.22. The maximum atomic E-state index is 11.9. The summed E-state index contributed by atoms with van der Waals surface area (Å²) in [4.78, 5) is 11.9. The van der Waals surface area contributed by atoms with Crippen LogP contribution in [0.5, 0.6) is 17.2 Å². The molecule has 3 N–H and O–H groups in total. The van der Waals surface area contributed by atoms with Crippen molar-refractivity contribution >= 4 is 11.6 Å². The van der Waals surface area contributed by atoms with Crippen molar-refractivity contribution in [1.82, 2.24) is 5.43 Å². The van der Waals surface area contributed by atoms with Gasteiger partial charge < -0.3 is 14.9 Å². The minimum absolute atomic E-state index is 0.00374. The number of phenolic OH excluding ortho intramolecular Hbond substituents is 2. The van der Waals surface area contributed by atoms with Gasteiger partial charge in [-0.15, -0.1) is 0 Å². The number of benzene rings is 3. The van der Waals surface area contributed by atoms with Crippen molar-refractivity contribution < 1.29 is 19.7 Å². The van der Waals surface area contributed by atoms with Gasteiger partial charge in [-0.3, -0.25) is 4.79 Å². The first-order valence-corrected chi connectivity index (χ1v) is 8.66. The summed E-state index contributed by atoms with van der Waals surface area (Å²) in [7, 11) is 0. The summed E-state index contributed by atoms with van der Waals surface area (Å²) in [6, 6.07) is 21.5. The summed E-state index contributed by atoms with van der Waals surface area (Å²) >= 11 is 0. The summed E-state index contributed by atoms with van der Waals surface area (Å²) in [5, 5.41) is 23.2. The molecule has 0 atom stereocenters. The molecule has 142 valence electrons. The molecule has 0 bridgehead atoms. The number of aromatic hydroxyl groups is 2. The molecule has 0 radical (unpaired) electrons. The van der Waals surface area contributed by atoms with Gasteiger partial charge in [-0.2, -0.15) is 5.10 Å². The first kappa shape index (κ1) is 19.0. The number of hydrazone groups is 1. The van der Waals surface area contributed by atoms with E-state index >= 15 is 0 Å². The molecule has 0 unspecified atom stereocenters. The number of phenols is 2. The SMILES string of the molecule is C/C(=N/NC(=O)COc1ccc(-c2ccccc2)cc1)c1cc(O)ccc1O. The Bertz CT molecular complexity index is 983. The third kappa shape index (κ3) is 4.88. The Balaban J connectivity index is 1.55. The fourth-order valence-electron chi connectivity index (χ4n) is 2.58. The highest BCUT2D eigenvalue weighted by atomic mass is 16.5. The number of nitrogens with zero attached hydrogens (tertiary/aromatic N) is 1. The lowest BCUT2D eigenvalue weighted by molar-refractivity contribution is -0.123. The van der Waals surface area contributed by atoms with Gasteiger partial charge in [-0.25, -0.2) is 5.43 Å². The van der Waals surface area contributed by atoms with Crippen molar-refractivity contribution in [3.8, 4) is 28.4 Å². The molecule has 6 nitrogen and oxygen atoms in total. The van der Waals surface area contributed by atoms with E-state index in [1.54, 1.807) is 19.1 Å². The van der Waals surface area contributed by atoms with Crippen LogP contribution < -0.4 is 10.2 Å². The molecule has 3 rings (SSSR count). The average molecular weight is 376 g/mol. The van der Waals surface area contributed by atoms with E-state index in [4.69, 9.17) is 4.74 Å². The van der Waals surface area contributed by atoms with E-state index in [1.165, 1.54) is 18.2 Å². The van der Waals surface area contributed by atoms with Gasteiger partial charge in [0.15, 0.2) is 6.61 Å².